The summed E-state index contributed by atoms with van der Waals surface area (Å²) in [5.74, 6) is 0. The van der Waals surface area contributed by atoms with Gasteiger partial charge in [-0.3, -0.25) is 14.8 Å². The van der Waals surface area contributed by atoms with Crippen molar-refractivity contribution in [2.24, 2.45) is 5.10 Å². The monoisotopic (exact) mass is 355 g/mol. The molecule has 2 unspecified atom stereocenters. The number of fused-ring (bicyclic) bond motifs is 3. The van der Waals surface area contributed by atoms with Crippen LogP contribution in [0, 0.1) is 0 Å². The van der Waals surface area contributed by atoms with Gasteiger partial charge in [0.25, 0.3) is 5.56 Å². The minimum Gasteiger partial charge on any atom is -0.303 e. The number of amides is 2. The number of carbonyl (C=O) groups is 1. The average Bonchev–Trinajstić information content (AvgIpc) is 3.06. The third-order valence-electron chi connectivity index (χ3n) is 4.43. The van der Waals surface area contributed by atoms with Crippen LogP contribution in [0.1, 0.15) is 11.7 Å². The molecule has 1 N–H and O–H groups in total. The minimum absolute atomic E-state index is 0.132. The van der Waals surface area contributed by atoms with Gasteiger partial charge in [-0.05, 0) is 11.6 Å². The summed E-state index contributed by atoms with van der Waals surface area (Å²) < 4.78 is 2.18. The molecule has 0 saturated carbocycles. The van der Waals surface area contributed by atoms with Gasteiger partial charge >= 0.3 is 6.03 Å². The first-order chi connectivity index (χ1) is 12.1. The Labute approximate surface area is 147 Å². The molecule has 1 saturated heterocycles. The molecule has 25 heavy (non-hydrogen) atoms. The Morgan fingerprint density at radius 1 is 1.16 bits per heavy atom. The lowest BCUT2D eigenvalue weighted by molar-refractivity contribution is 0.171. The molecular weight excluding hydrogens is 338 g/mol. The number of hydrogen-bond acceptors (Lipinski definition) is 5. The summed E-state index contributed by atoms with van der Waals surface area (Å²) in [6, 6.07) is 9.74. The Kier molecular flexibility index (Phi) is 3.69. The number of nitrogens with zero attached hydrogens (tertiary/aromatic N) is 4. The van der Waals surface area contributed by atoms with Gasteiger partial charge in [0.15, 0.2) is 12.3 Å². The van der Waals surface area contributed by atoms with Crippen molar-refractivity contribution in [2.75, 3.05) is 14.1 Å². The maximum atomic E-state index is 12.8. The number of thiazole rings is 1. The van der Waals surface area contributed by atoms with Crippen LogP contribution in [0.4, 0.5) is 4.79 Å². The smallest absolute Gasteiger partial charge is 0.303 e. The first-order valence-electron chi connectivity index (χ1n) is 7.85. The Balaban J connectivity index is 1.75. The molecule has 8 heteroatoms. The van der Waals surface area contributed by atoms with Gasteiger partial charge in [-0.25, -0.2) is 4.79 Å². The Morgan fingerprint density at radius 2 is 1.92 bits per heavy atom. The predicted molar refractivity (Wildman–Crippen MR) is 96.2 cm³/mol. The quantitative estimate of drug-likeness (QED) is 0.846. The van der Waals surface area contributed by atoms with E-state index in [2.05, 4.69) is 10.5 Å². The van der Waals surface area contributed by atoms with Crippen molar-refractivity contribution in [1.82, 2.24) is 19.8 Å². The molecule has 4 rings (SSSR count). The Bertz CT molecular complexity index is 1020. The molecule has 1 aromatic heterocycles. The predicted octanol–water partition coefficient (Wildman–Crippen LogP) is 0.363. The summed E-state index contributed by atoms with van der Waals surface area (Å²) >= 11 is 1.31. The highest BCUT2D eigenvalue weighted by Crippen LogP contribution is 2.26. The number of nitrogens with one attached hydrogen (secondary N) is 1. The zero-order valence-corrected chi connectivity index (χ0v) is 14.6. The maximum absolute atomic E-state index is 12.8. The standard InChI is InChI=1S/C17H17N5O2S/c1-20-13-14(21(2)17(20)24)22-15(23)12(25-16(22)19-18-13)10-6-9-11-7-4-3-5-8-11/h3-10,13-14,18H,1-2H3/b9-6+,12-10-. The van der Waals surface area contributed by atoms with Gasteiger partial charge in [-0.2, -0.15) is 0 Å². The van der Waals surface area contributed by atoms with E-state index in [0.717, 1.165) is 5.56 Å². The van der Waals surface area contributed by atoms with E-state index in [0.29, 0.717) is 9.33 Å². The van der Waals surface area contributed by atoms with Gasteiger partial charge in [0.05, 0.1) is 4.53 Å². The third-order valence-corrected chi connectivity index (χ3v) is 5.43. The highest BCUT2D eigenvalue weighted by molar-refractivity contribution is 7.07. The van der Waals surface area contributed by atoms with Crippen molar-refractivity contribution < 1.29 is 4.79 Å². The summed E-state index contributed by atoms with van der Waals surface area (Å²) in [6.07, 6.45) is 4.85. The summed E-state index contributed by atoms with van der Waals surface area (Å²) in [4.78, 5) is 28.7. The fourth-order valence-electron chi connectivity index (χ4n) is 3.10. The lowest BCUT2D eigenvalue weighted by atomic mass is 10.2. The SMILES string of the molecule is CN1C(=O)N(C)C2C1NN=c1s/c(=C\C=C\c3ccccc3)c(=O)n12. The molecule has 1 aromatic carbocycles. The van der Waals surface area contributed by atoms with Gasteiger partial charge in [-0.1, -0.05) is 53.8 Å². The van der Waals surface area contributed by atoms with Crippen LogP contribution in [-0.4, -0.2) is 40.7 Å². The fraction of sp³-hybridized carbons (Fsp3) is 0.235. The molecule has 128 valence electrons. The van der Waals surface area contributed by atoms with Gasteiger partial charge in [-0.15, -0.1) is 5.10 Å². The van der Waals surface area contributed by atoms with E-state index in [1.807, 2.05) is 42.5 Å². The van der Waals surface area contributed by atoms with Crippen LogP contribution in [-0.2, 0) is 0 Å². The molecule has 0 radical (unpaired) electrons. The molecule has 2 aliphatic heterocycles. The number of allylic oxidation sites excluding steroid dienone is 1. The van der Waals surface area contributed by atoms with Gasteiger partial charge in [0, 0.05) is 14.1 Å². The Morgan fingerprint density at radius 3 is 2.68 bits per heavy atom. The fourth-order valence-corrected chi connectivity index (χ4v) is 4.02. The molecule has 2 aliphatic rings. The lowest BCUT2D eigenvalue weighted by Gasteiger charge is -2.27. The second-order valence-corrected chi connectivity index (χ2v) is 6.97. The first kappa shape index (κ1) is 15.6. The van der Waals surface area contributed by atoms with E-state index in [1.165, 1.54) is 11.3 Å². The lowest BCUT2D eigenvalue weighted by Crippen LogP contribution is -2.52. The molecule has 2 atom stereocenters. The zero-order chi connectivity index (χ0) is 17.6. The highest BCUT2D eigenvalue weighted by Gasteiger charge is 2.46. The van der Waals surface area contributed by atoms with E-state index in [1.54, 1.807) is 34.5 Å². The molecule has 0 aliphatic carbocycles. The first-order valence-corrected chi connectivity index (χ1v) is 8.67. The average molecular weight is 355 g/mol. The summed E-state index contributed by atoms with van der Waals surface area (Å²) in [6.45, 7) is 0. The normalized spacial score (nSPS) is 22.8. The van der Waals surface area contributed by atoms with Crippen LogP contribution >= 0.6 is 11.3 Å². The molecule has 2 aromatic rings. The van der Waals surface area contributed by atoms with Gasteiger partial charge in [0.1, 0.15) is 0 Å². The van der Waals surface area contributed by atoms with E-state index in [9.17, 15) is 9.59 Å². The van der Waals surface area contributed by atoms with Crippen molar-refractivity contribution in [3.05, 3.63) is 61.7 Å². The van der Waals surface area contributed by atoms with Crippen LogP contribution < -0.4 is 20.3 Å². The van der Waals surface area contributed by atoms with Crippen LogP contribution in [0.25, 0.3) is 12.2 Å². The maximum Gasteiger partial charge on any atom is 0.323 e. The van der Waals surface area contributed by atoms with Crippen molar-refractivity contribution >= 4 is 29.5 Å². The molecular formula is C17H17N5O2S. The summed E-state index contributed by atoms with van der Waals surface area (Å²) in [5, 5.41) is 4.27. The third kappa shape index (κ3) is 2.45. The number of urea groups is 1. The minimum atomic E-state index is -0.394. The van der Waals surface area contributed by atoms with Crippen LogP contribution in [0.5, 0.6) is 0 Å². The van der Waals surface area contributed by atoms with E-state index in [-0.39, 0.29) is 17.8 Å². The largest absolute Gasteiger partial charge is 0.323 e. The molecule has 0 spiro atoms. The number of rotatable bonds is 2. The number of hydrogen-bond donors (Lipinski definition) is 1. The zero-order valence-electron chi connectivity index (χ0n) is 13.8. The second-order valence-electron chi connectivity index (χ2n) is 5.96. The molecule has 3 heterocycles. The van der Waals surface area contributed by atoms with Gasteiger partial charge < -0.3 is 9.80 Å². The molecule has 2 amide bonds. The van der Waals surface area contributed by atoms with Crippen molar-refractivity contribution in [2.45, 2.75) is 12.3 Å². The van der Waals surface area contributed by atoms with Crippen molar-refractivity contribution in [1.29, 1.82) is 0 Å². The van der Waals surface area contributed by atoms with E-state index >= 15 is 0 Å². The molecule has 1 fully saturated rings. The van der Waals surface area contributed by atoms with Crippen LogP contribution in [0.2, 0.25) is 0 Å². The van der Waals surface area contributed by atoms with Crippen molar-refractivity contribution in [3.8, 4) is 0 Å². The van der Waals surface area contributed by atoms with Gasteiger partial charge in [0.2, 0.25) is 4.80 Å². The summed E-state index contributed by atoms with van der Waals surface area (Å²) in [5.41, 5.74) is 3.91. The molecule has 7 nitrogen and oxygen atoms in total. The van der Waals surface area contributed by atoms with E-state index < -0.39 is 6.17 Å². The van der Waals surface area contributed by atoms with Crippen molar-refractivity contribution in [3.63, 3.8) is 0 Å². The summed E-state index contributed by atoms with van der Waals surface area (Å²) in [7, 11) is 3.40. The Hall–Kier alpha value is -2.87. The highest BCUT2D eigenvalue weighted by atomic mass is 32.1. The number of likely N-dealkylation sites (N-methyl/N-ethyl adjacent to an activating group) is 2. The number of aromatic nitrogens is 1. The van der Waals surface area contributed by atoms with E-state index in [4.69, 9.17) is 0 Å². The second kappa shape index (κ2) is 5.89. The number of carbonyl (C=O) groups excluding carboxylic acids is 1. The topological polar surface area (TPSA) is 69.9 Å². The van der Waals surface area contributed by atoms with Crippen LogP contribution in [0.15, 0.2) is 46.3 Å². The molecule has 0 bridgehead atoms. The number of benzene rings is 1. The van der Waals surface area contributed by atoms with Crippen LogP contribution in [0.3, 0.4) is 0 Å².